The Morgan fingerprint density at radius 2 is 1.68 bits per heavy atom. The van der Waals surface area contributed by atoms with Crippen molar-refractivity contribution < 1.29 is 13.9 Å². The van der Waals surface area contributed by atoms with Crippen LogP contribution in [0.2, 0.25) is 0 Å². The minimum absolute atomic E-state index is 0.121. The highest BCUT2D eigenvalue weighted by Gasteiger charge is 2.23. The molecular weight excluding hydrogens is 399 g/mol. The molecule has 0 radical (unpaired) electrons. The third kappa shape index (κ3) is 4.94. The Kier molecular flexibility index (Phi) is 6.94. The third-order valence-corrected chi connectivity index (χ3v) is 5.75. The second-order valence-corrected chi connectivity index (χ2v) is 7.88. The minimum Gasteiger partial charge on any atom is -0.379 e. The maximum Gasteiger partial charge on any atom is 0.234 e. The number of nitrogens with zero attached hydrogens (tertiary/aromatic N) is 6. The fourth-order valence-electron chi connectivity index (χ4n) is 3.96. The van der Waals surface area contributed by atoms with Gasteiger partial charge in [-0.2, -0.15) is 4.99 Å². The monoisotopic (exact) mass is 430 g/mol. The molecular formula is C22H31FN6O2. The van der Waals surface area contributed by atoms with E-state index in [4.69, 9.17) is 19.5 Å². The molecule has 0 saturated carbocycles. The van der Waals surface area contributed by atoms with Crippen molar-refractivity contribution in [3.63, 3.8) is 0 Å². The number of ether oxygens (including phenoxy) is 2. The van der Waals surface area contributed by atoms with Gasteiger partial charge in [-0.15, -0.1) is 0 Å². The molecule has 31 heavy (non-hydrogen) atoms. The molecule has 8 nitrogen and oxygen atoms in total. The summed E-state index contributed by atoms with van der Waals surface area (Å²) in [6.45, 7) is 11.4. The van der Waals surface area contributed by atoms with Gasteiger partial charge in [-0.05, 0) is 32.9 Å². The number of para-hydroxylation sites is 2. The predicted octanol–water partition coefficient (Wildman–Crippen LogP) is 2.70. The molecule has 2 aliphatic heterocycles. The first kappa shape index (κ1) is 21.9. The third-order valence-electron chi connectivity index (χ3n) is 5.75. The number of benzene rings is 1. The van der Waals surface area contributed by atoms with Crippen LogP contribution in [-0.4, -0.2) is 89.9 Å². The molecule has 0 spiro atoms. The Hall–Kier alpha value is -2.36. The maximum absolute atomic E-state index is 14.6. The van der Waals surface area contributed by atoms with Gasteiger partial charge in [0.25, 0.3) is 0 Å². The molecule has 0 aliphatic carbocycles. The van der Waals surface area contributed by atoms with Gasteiger partial charge in [0, 0.05) is 26.2 Å². The molecule has 3 heterocycles. The van der Waals surface area contributed by atoms with E-state index >= 15 is 0 Å². The van der Waals surface area contributed by atoms with Gasteiger partial charge in [0.1, 0.15) is 12.0 Å². The molecule has 2 aromatic rings. The standard InChI is InChI=1S/C22H31FN6O2/c1-16(23)21-26-19-6-4-5-7-20(19)29(21)22(24-17(2)27-8-12-30-13-9-27)25-18(3)28-10-14-31-15-11-28/h4-7,16-17H,8-15H2,1-3H3/b24-22+,25-18+. The fourth-order valence-corrected chi connectivity index (χ4v) is 3.96. The number of aromatic nitrogens is 2. The molecule has 2 saturated heterocycles. The number of fused-ring (bicyclic) bond motifs is 1. The van der Waals surface area contributed by atoms with Crippen molar-refractivity contribution in [1.82, 2.24) is 19.4 Å². The van der Waals surface area contributed by atoms with E-state index in [-0.39, 0.29) is 6.17 Å². The zero-order chi connectivity index (χ0) is 21.8. The number of amidine groups is 1. The highest BCUT2D eigenvalue weighted by Crippen LogP contribution is 2.24. The number of morpholine rings is 2. The van der Waals surface area contributed by atoms with Gasteiger partial charge in [-0.3, -0.25) is 9.47 Å². The predicted molar refractivity (Wildman–Crippen MR) is 119 cm³/mol. The van der Waals surface area contributed by atoms with Crippen molar-refractivity contribution in [2.24, 2.45) is 9.98 Å². The van der Waals surface area contributed by atoms with E-state index in [9.17, 15) is 4.39 Å². The lowest BCUT2D eigenvalue weighted by atomic mass is 10.3. The Bertz CT molecular complexity index is 945. The summed E-state index contributed by atoms with van der Waals surface area (Å²) in [7, 11) is 0. The fraction of sp³-hybridized carbons (Fsp3) is 0.591. The lowest BCUT2D eigenvalue weighted by Gasteiger charge is -2.31. The molecule has 0 bridgehead atoms. The molecule has 2 atom stereocenters. The van der Waals surface area contributed by atoms with E-state index in [1.54, 1.807) is 4.57 Å². The summed E-state index contributed by atoms with van der Waals surface area (Å²) < 4.78 is 27.3. The molecule has 2 aliphatic rings. The average molecular weight is 431 g/mol. The summed E-state index contributed by atoms with van der Waals surface area (Å²) in [5, 5.41) is 0. The quantitative estimate of drug-likeness (QED) is 0.553. The van der Waals surface area contributed by atoms with Crippen LogP contribution in [0.15, 0.2) is 34.3 Å². The van der Waals surface area contributed by atoms with Crippen LogP contribution in [0, 0.1) is 0 Å². The smallest absolute Gasteiger partial charge is 0.234 e. The number of hydrogen-bond donors (Lipinski definition) is 0. The number of aliphatic imine (C=N–C) groups is 2. The molecule has 1 aromatic carbocycles. The van der Waals surface area contributed by atoms with E-state index < -0.39 is 6.17 Å². The molecule has 4 rings (SSSR count). The molecule has 0 N–H and O–H groups in total. The molecule has 0 amide bonds. The van der Waals surface area contributed by atoms with Crippen molar-refractivity contribution in [2.45, 2.75) is 33.1 Å². The Balaban J connectivity index is 1.79. The summed E-state index contributed by atoms with van der Waals surface area (Å²) >= 11 is 0. The number of halogens is 1. The average Bonchev–Trinajstić information content (AvgIpc) is 3.20. The number of rotatable bonds is 3. The van der Waals surface area contributed by atoms with Crippen LogP contribution < -0.4 is 0 Å². The van der Waals surface area contributed by atoms with Gasteiger partial charge in [-0.1, -0.05) is 12.1 Å². The summed E-state index contributed by atoms with van der Waals surface area (Å²) in [5.74, 6) is 1.61. The number of imidazole rings is 1. The zero-order valence-corrected chi connectivity index (χ0v) is 18.5. The molecule has 9 heteroatoms. The van der Waals surface area contributed by atoms with Gasteiger partial charge in [-0.25, -0.2) is 14.4 Å². The summed E-state index contributed by atoms with van der Waals surface area (Å²) in [5.41, 5.74) is 1.53. The normalized spacial score (nSPS) is 21.5. The highest BCUT2D eigenvalue weighted by atomic mass is 19.1. The topological polar surface area (TPSA) is 67.5 Å². The largest absolute Gasteiger partial charge is 0.379 e. The van der Waals surface area contributed by atoms with Crippen molar-refractivity contribution in [3.05, 3.63) is 30.1 Å². The van der Waals surface area contributed by atoms with Crippen LogP contribution in [0.5, 0.6) is 0 Å². The van der Waals surface area contributed by atoms with Crippen LogP contribution in [0.4, 0.5) is 4.39 Å². The molecule has 2 fully saturated rings. The second kappa shape index (κ2) is 9.84. The van der Waals surface area contributed by atoms with Gasteiger partial charge >= 0.3 is 0 Å². The Morgan fingerprint density at radius 3 is 2.35 bits per heavy atom. The minimum atomic E-state index is -1.25. The first-order valence-electron chi connectivity index (χ1n) is 10.9. The maximum atomic E-state index is 14.6. The highest BCUT2D eigenvalue weighted by molar-refractivity contribution is 6.00. The first-order chi connectivity index (χ1) is 15.0. The second-order valence-electron chi connectivity index (χ2n) is 7.88. The van der Waals surface area contributed by atoms with Gasteiger partial charge in [0.05, 0.1) is 37.5 Å². The summed E-state index contributed by atoms with van der Waals surface area (Å²) in [6, 6.07) is 7.65. The van der Waals surface area contributed by atoms with Gasteiger partial charge < -0.3 is 14.4 Å². The van der Waals surface area contributed by atoms with Crippen molar-refractivity contribution in [1.29, 1.82) is 0 Å². The summed E-state index contributed by atoms with van der Waals surface area (Å²) in [6.07, 6.45) is -1.38. The Morgan fingerprint density at radius 1 is 1.03 bits per heavy atom. The van der Waals surface area contributed by atoms with Gasteiger partial charge in [0.15, 0.2) is 12.0 Å². The van der Waals surface area contributed by atoms with Crippen molar-refractivity contribution >= 4 is 22.8 Å². The van der Waals surface area contributed by atoms with Crippen LogP contribution in [-0.2, 0) is 9.47 Å². The summed E-state index contributed by atoms with van der Waals surface area (Å²) in [4.78, 5) is 18.8. The first-order valence-corrected chi connectivity index (χ1v) is 10.9. The van der Waals surface area contributed by atoms with Crippen molar-refractivity contribution in [3.8, 4) is 0 Å². The van der Waals surface area contributed by atoms with Gasteiger partial charge in [0.2, 0.25) is 5.96 Å². The van der Waals surface area contributed by atoms with Crippen LogP contribution >= 0.6 is 0 Å². The molecule has 168 valence electrons. The zero-order valence-electron chi connectivity index (χ0n) is 18.5. The SMILES string of the molecule is C/C(=N\C(=N/C(C)N1CCOCC1)n1c(C(C)F)nc2ccccc21)N1CCOCC1. The molecule has 2 unspecified atom stereocenters. The number of alkyl halides is 1. The van der Waals surface area contributed by atoms with E-state index in [0.717, 1.165) is 43.0 Å². The van der Waals surface area contributed by atoms with E-state index in [1.165, 1.54) is 6.92 Å². The van der Waals surface area contributed by atoms with Crippen LogP contribution in [0.3, 0.4) is 0 Å². The number of hydrogen-bond acceptors (Lipinski definition) is 5. The lowest BCUT2D eigenvalue weighted by molar-refractivity contribution is 0.0219. The van der Waals surface area contributed by atoms with Crippen LogP contribution in [0.1, 0.15) is 32.8 Å². The molecule has 1 aromatic heterocycles. The van der Waals surface area contributed by atoms with Crippen LogP contribution in [0.25, 0.3) is 11.0 Å². The van der Waals surface area contributed by atoms with E-state index in [0.29, 0.717) is 38.2 Å². The van der Waals surface area contributed by atoms with Crippen molar-refractivity contribution in [2.75, 3.05) is 52.6 Å². The lowest BCUT2D eigenvalue weighted by Crippen LogP contribution is -2.42. The van der Waals surface area contributed by atoms with E-state index in [2.05, 4.69) is 14.8 Å². The van der Waals surface area contributed by atoms with E-state index in [1.807, 2.05) is 38.1 Å². The Labute approximate surface area is 182 Å².